The van der Waals surface area contributed by atoms with Crippen LogP contribution in [0.4, 0.5) is 18.9 Å². The number of nitrogens with zero attached hydrogens (tertiary/aromatic N) is 5. The summed E-state index contributed by atoms with van der Waals surface area (Å²) in [7, 11) is 0. The number of carbonyl (C=O) groups is 1. The molecule has 2 heterocycles. The Morgan fingerprint density at radius 2 is 1.82 bits per heavy atom. The molecule has 2 N–H and O–H groups in total. The van der Waals surface area contributed by atoms with E-state index in [-0.39, 0.29) is 17.7 Å². The number of benzene rings is 2. The van der Waals surface area contributed by atoms with Gasteiger partial charge in [-0.25, -0.2) is 22.8 Å². The first-order valence-electron chi connectivity index (χ1n) is 10.3. The van der Waals surface area contributed by atoms with Gasteiger partial charge in [0.2, 0.25) is 0 Å². The molecule has 0 bridgehead atoms. The molecule has 0 radical (unpaired) electrons. The first-order chi connectivity index (χ1) is 16.2. The van der Waals surface area contributed by atoms with Crippen molar-refractivity contribution in [1.82, 2.24) is 24.5 Å². The van der Waals surface area contributed by atoms with Gasteiger partial charge in [0, 0.05) is 23.0 Å². The maximum absolute atomic E-state index is 14.8. The number of hydrogen-bond donors (Lipinski definition) is 2. The van der Waals surface area contributed by atoms with E-state index in [9.17, 15) is 23.1 Å². The molecule has 176 valence electrons. The molecule has 0 aliphatic carbocycles. The predicted molar refractivity (Wildman–Crippen MR) is 116 cm³/mol. The largest absolute Gasteiger partial charge is 0.381 e. The zero-order chi connectivity index (χ0) is 24.5. The molecule has 0 aliphatic heterocycles. The molecule has 0 aliphatic rings. The number of aromatic nitrogens is 5. The molecule has 2 aromatic heterocycles. The van der Waals surface area contributed by atoms with E-state index in [4.69, 9.17) is 0 Å². The molecule has 8 nitrogen and oxygen atoms in total. The molecule has 0 spiro atoms. The lowest BCUT2D eigenvalue weighted by Crippen LogP contribution is -2.41. The second-order valence-electron chi connectivity index (χ2n) is 7.87. The molecule has 0 unspecified atom stereocenters. The van der Waals surface area contributed by atoms with Crippen LogP contribution in [0.2, 0.25) is 0 Å². The van der Waals surface area contributed by atoms with Crippen LogP contribution in [0, 0.1) is 24.4 Å². The van der Waals surface area contributed by atoms with Gasteiger partial charge in [0.05, 0.1) is 24.3 Å². The molecule has 0 fully saturated rings. The summed E-state index contributed by atoms with van der Waals surface area (Å²) >= 11 is 0. The van der Waals surface area contributed by atoms with Crippen molar-refractivity contribution in [3.63, 3.8) is 0 Å². The van der Waals surface area contributed by atoms with Gasteiger partial charge in [-0.3, -0.25) is 9.48 Å². The minimum atomic E-state index is -1.94. The first-order valence-corrected chi connectivity index (χ1v) is 10.3. The summed E-state index contributed by atoms with van der Waals surface area (Å²) in [6.45, 7) is 3.01. The Kier molecular flexibility index (Phi) is 6.20. The molecule has 0 saturated carbocycles. The average molecular weight is 470 g/mol. The number of carbonyl (C=O) groups excluding carboxylic acids is 1. The third kappa shape index (κ3) is 4.42. The van der Waals surface area contributed by atoms with Gasteiger partial charge in [-0.1, -0.05) is 6.07 Å². The molecule has 2 aromatic carbocycles. The van der Waals surface area contributed by atoms with Crippen molar-refractivity contribution in [2.24, 2.45) is 0 Å². The Labute approximate surface area is 192 Å². The average Bonchev–Trinajstić information content (AvgIpc) is 3.44. The van der Waals surface area contributed by atoms with Gasteiger partial charge in [-0.15, -0.1) is 0 Å². The van der Waals surface area contributed by atoms with Gasteiger partial charge in [0.1, 0.15) is 35.7 Å². The van der Waals surface area contributed by atoms with Crippen LogP contribution in [0.3, 0.4) is 0 Å². The van der Waals surface area contributed by atoms with Crippen LogP contribution in [0.1, 0.15) is 34.6 Å². The fraction of sp³-hybridized carbons (Fsp3) is 0.217. The summed E-state index contributed by atoms with van der Waals surface area (Å²) in [6.07, 6.45) is 3.95. The van der Waals surface area contributed by atoms with E-state index in [0.29, 0.717) is 17.4 Å². The van der Waals surface area contributed by atoms with Crippen molar-refractivity contribution in [1.29, 1.82) is 0 Å². The van der Waals surface area contributed by atoms with E-state index in [1.165, 1.54) is 58.5 Å². The summed E-state index contributed by atoms with van der Waals surface area (Å²) in [5, 5.41) is 22.6. The smallest absolute Gasteiger partial charge is 0.259 e. The van der Waals surface area contributed by atoms with Crippen LogP contribution in [0.25, 0.3) is 0 Å². The lowest BCUT2D eigenvalue weighted by atomic mass is 9.86. The van der Waals surface area contributed by atoms with Crippen molar-refractivity contribution >= 4 is 11.6 Å². The maximum atomic E-state index is 14.8. The van der Waals surface area contributed by atoms with Gasteiger partial charge >= 0.3 is 0 Å². The molecule has 4 aromatic rings. The fourth-order valence-electron chi connectivity index (χ4n) is 3.81. The highest BCUT2D eigenvalue weighted by Crippen LogP contribution is 2.37. The van der Waals surface area contributed by atoms with E-state index in [1.54, 1.807) is 13.8 Å². The lowest BCUT2D eigenvalue weighted by Gasteiger charge is -2.35. The summed E-state index contributed by atoms with van der Waals surface area (Å²) in [4.78, 5) is 16.6. The van der Waals surface area contributed by atoms with Crippen molar-refractivity contribution in [3.05, 3.63) is 95.6 Å². The van der Waals surface area contributed by atoms with Gasteiger partial charge in [-0.05, 0) is 44.2 Å². The standard InChI is InChI=1S/C23H21F3N6O2/c1-14-19(22(33)30-18-6-3-16(24)4-7-18)10-28-32(14)15(2)23(34,11-31-13-27-12-29-31)20-8-5-17(25)9-21(20)26/h3-10,12-13,15,34H,11H2,1-2H3,(H,30,33)/t15-,23-/m1/s1. The summed E-state index contributed by atoms with van der Waals surface area (Å²) in [5.41, 5.74) is -1.11. The predicted octanol–water partition coefficient (Wildman–Crippen LogP) is 3.60. The zero-order valence-corrected chi connectivity index (χ0v) is 18.3. The molecular weight excluding hydrogens is 449 g/mol. The third-order valence-electron chi connectivity index (χ3n) is 5.72. The summed E-state index contributed by atoms with van der Waals surface area (Å²) < 4.78 is 44.2. The number of halogens is 3. The molecule has 2 atom stereocenters. The number of aliphatic hydroxyl groups is 1. The Balaban J connectivity index is 1.69. The van der Waals surface area contributed by atoms with Gasteiger partial charge in [-0.2, -0.15) is 10.2 Å². The number of rotatable bonds is 7. The van der Waals surface area contributed by atoms with E-state index < -0.39 is 35.0 Å². The summed E-state index contributed by atoms with van der Waals surface area (Å²) in [6, 6.07) is 7.27. The van der Waals surface area contributed by atoms with E-state index in [0.717, 1.165) is 6.07 Å². The van der Waals surface area contributed by atoms with Crippen LogP contribution in [0.5, 0.6) is 0 Å². The third-order valence-corrected chi connectivity index (χ3v) is 5.72. The van der Waals surface area contributed by atoms with Crippen molar-refractivity contribution in [3.8, 4) is 0 Å². The molecular formula is C23H21F3N6O2. The quantitative estimate of drug-likeness (QED) is 0.430. The maximum Gasteiger partial charge on any atom is 0.259 e. The highest BCUT2D eigenvalue weighted by molar-refractivity contribution is 6.04. The van der Waals surface area contributed by atoms with Crippen molar-refractivity contribution < 1.29 is 23.1 Å². The Morgan fingerprint density at radius 3 is 2.47 bits per heavy atom. The summed E-state index contributed by atoms with van der Waals surface area (Å²) in [5.74, 6) is -2.65. The highest BCUT2D eigenvalue weighted by Gasteiger charge is 2.41. The van der Waals surface area contributed by atoms with Crippen LogP contribution in [-0.4, -0.2) is 35.6 Å². The van der Waals surface area contributed by atoms with Crippen LogP contribution in [-0.2, 0) is 12.1 Å². The number of hydrogen-bond acceptors (Lipinski definition) is 5. The van der Waals surface area contributed by atoms with Crippen molar-refractivity contribution in [2.75, 3.05) is 5.32 Å². The number of anilines is 1. The second kappa shape index (κ2) is 9.10. The van der Waals surface area contributed by atoms with Crippen LogP contribution >= 0.6 is 0 Å². The van der Waals surface area contributed by atoms with E-state index >= 15 is 0 Å². The SMILES string of the molecule is Cc1c(C(=O)Nc2ccc(F)cc2)cnn1[C@H](C)[C@](O)(Cn1cncn1)c1ccc(F)cc1F. The topological polar surface area (TPSA) is 97.9 Å². The van der Waals surface area contributed by atoms with E-state index in [2.05, 4.69) is 20.5 Å². The zero-order valence-electron chi connectivity index (χ0n) is 18.3. The minimum absolute atomic E-state index is 0.163. The normalized spacial score (nSPS) is 13.9. The van der Waals surface area contributed by atoms with Crippen LogP contribution in [0.15, 0.2) is 61.3 Å². The van der Waals surface area contributed by atoms with Gasteiger partial charge < -0.3 is 10.4 Å². The highest BCUT2D eigenvalue weighted by atomic mass is 19.1. The molecule has 0 saturated heterocycles. The Hall–Kier alpha value is -3.99. The van der Waals surface area contributed by atoms with E-state index in [1.807, 2.05) is 0 Å². The van der Waals surface area contributed by atoms with Crippen LogP contribution < -0.4 is 5.32 Å². The molecule has 34 heavy (non-hydrogen) atoms. The molecule has 11 heteroatoms. The molecule has 1 amide bonds. The molecule has 4 rings (SSSR count). The Bertz CT molecular complexity index is 1310. The van der Waals surface area contributed by atoms with Gasteiger partial charge in [0.15, 0.2) is 0 Å². The number of amides is 1. The number of nitrogens with one attached hydrogen (secondary N) is 1. The lowest BCUT2D eigenvalue weighted by molar-refractivity contribution is -0.0375. The minimum Gasteiger partial charge on any atom is -0.381 e. The monoisotopic (exact) mass is 470 g/mol. The second-order valence-corrected chi connectivity index (χ2v) is 7.87. The Morgan fingerprint density at radius 1 is 1.12 bits per heavy atom. The van der Waals surface area contributed by atoms with Gasteiger partial charge in [0.25, 0.3) is 5.91 Å². The first kappa shape index (κ1) is 23.2. The van der Waals surface area contributed by atoms with Crippen molar-refractivity contribution in [2.45, 2.75) is 32.0 Å². The fourth-order valence-corrected chi connectivity index (χ4v) is 3.81.